The molecule has 0 aliphatic heterocycles. The summed E-state index contributed by atoms with van der Waals surface area (Å²) in [5.74, 6) is 0.687. The second-order valence-electron chi connectivity index (χ2n) is 6.09. The van der Waals surface area contributed by atoms with E-state index in [1.54, 1.807) is 11.8 Å². The van der Waals surface area contributed by atoms with Crippen LogP contribution in [-0.2, 0) is 0 Å². The fraction of sp³-hybridized carbons (Fsp3) is 0.444. The summed E-state index contributed by atoms with van der Waals surface area (Å²) in [6.07, 6.45) is 5.81. The third-order valence-electron chi connectivity index (χ3n) is 4.36. The molecule has 1 amide bonds. The Morgan fingerprint density at radius 1 is 1.26 bits per heavy atom. The number of hydrogen-bond acceptors (Lipinski definition) is 3. The number of aromatic nitrogens is 2. The molecule has 5 nitrogen and oxygen atoms in total. The molecule has 0 atom stereocenters. The Labute approximate surface area is 136 Å². The molecule has 2 aromatic rings. The Morgan fingerprint density at radius 2 is 2.04 bits per heavy atom. The highest BCUT2D eigenvalue weighted by Crippen LogP contribution is 2.20. The minimum atomic E-state index is -0.0818. The molecular formula is C18H23N3O2. The van der Waals surface area contributed by atoms with Crippen LogP contribution < -0.4 is 10.1 Å². The molecule has 1 aliphatic rings. The van der Waals surface area contributed by atoms with Crippen molar-refractivity contribution in [3.05, 3.63) is 41.7 Å². The summed E-state index contributed by atoms with van der Waals surface area (Å²) in [5, 5.41) is 7.58. The Bertz CT molecular complexity index is 687. The fourth-order valence-electron chi connectivity index (χ4n) is 3.10. The van der Waals surface area contributed by atoms with Crippen molar-refractivity contribution >= 4 is 5.91 Å². The molecule has 3 rings (SSSR count). The minimum absolute atomic E-state index is 0.0818. The van der Waals surface area contributed by atoms with E-state index in [2.05, 4.69) is 10.4 Å². The van der Waals surface area contributed by atoms with Gasteiger partial charge in [-0.25, -0.2) is 4.68 Å². The van der Waals surface area contributed by atoms with Crippen LogP contribution in [0.25, 0.3) is 5.69 Å². The van der Waals surface area contributed by atoms with Crippen LogP contribution in [-0.4, -0.2) is 28.8 Å². The smallest absolute Gasteiger partial charge is 0.272 e. The van der Waals surface area contributed by atoms with Crippen LogP contribution in [0, 0.1) is 6.92 Å². The van der Waals surface area contributed by atoms with Gasteiger partial charge in [-0.05, 0) is 38.0 Å². The molecule has 1 N–H and O–H groups in total. The quantitative estimate of drug-likeness (QED) is 0.942. The van der Waals surface area contributed by atoms with Crippen molar-refractivity contribution < 1.29 is 9.53 Å². The molecule has 122 valence electrons. The van der Waals surface area contributed by atoms with E-state index >= 15 is 0 Å². The number of methoxy groups -OCH3 is 1. The maximum absolute atomic E-state index is 12.4. The molecule has 1 heterocycles. The van der Waals surface area contributed by atoms with Gasteiger partial charge in [-0.1, -0.05) is 25.3 Å². The van der Waals surface area contributed by atoms with Crippen molar-refractivity contribution in [1.82, 2.24) is 15.1 Å². The zero-order chi connectivity index (χ0) is 16.2. The first-order valence-corrected chi connectivity index (χ1v) is 8.19. The molecule has 1 saturated carbocycles. The fourth-order valence-corrected chi connectivity index (χ4v) is 3.10. The van der Waals surface area contributed by atoms with E-state index in [0.29, 0.717) is 11.7 Å². The van der Waals surface area contributed by atoms with E-state index in [-0.39, 0.29) is 5.91 Å². The Kier molecular flexibility index (Phi) is 4.65. The maximum atomic E-state index is 12.4. The van der Waals surface area contributed by atoms with Crippen LogP contribution in [0.3, 0.4) is 0 Å². The Hall–Kier alpha value is -2.30. The van der Waals surface area contributed by atoms with E-state index in [4.69, 9.17) is 4.74 Å². The highest BCUT2D eigenvalue weighted by Gasteiger charge is 2.19. The standard InChI is InChI=1S/C18H23N3O2/c1-13-11-17(18(22)19-14-7-4-3-5-8-14)20-21(13)15-9-6-10-16(12-15)23-2/h6,9-12,14H,3-5,7-8H2,1-2H3,(H,19,22). The third kappa shape index (κ3) is 3.55. The SMILES string of the molecule is COc1cccc(-n2nc(C(=O)NC3CCCCC3)cc2C)c1. The second-order valence-corrected chi connectivity index (χ2v) is 6.09. The van der Waals surface area contributed by atoms with Crippen molar-refractivity contribution in [2.75, 3.05) is 7.11 Å². The summed E-state index contributed by atoms with van der Waals surface area (Å²) in [7, 11) is 1.64. The van der Waals surface area contributed by atoms with Crippen molar-refractivity contribution in [3.8, 4) is 11.4 Å². The minimum Gasteiger partial charge on any atom is -0.497 e. The number of nitrogens with one attached hydrogen (secondary N) is 1. The van der Waals surface area contributed by atoms with Crippen molar-refractivity contribution in [1.29, 1.82) is 0 Å². The van der Waals surface area contributed by atoms with Crippen LogP contribution in [0.15, 0.2) is 30.3 Å². The largest absolute Gasteiger partial charge is 0.497 e. The summed E-state index contributed by atoms with van der Waals surface area (Å²) in [6, 6.07) is 9.78. The summed E-state index contributed by atoms with van der Waals surface area (Å²) in [4.78, 5) is 12.4. The second kappa shape index (κ2) is 6.86. The van der Waals surface area contributed by atoms with Gasteiger partial charge in [0.2, 0.25) is 0 Å². The van der Waals surface area contributed by atoms with Crippen LogP contribution in [0.2, 0.25) is 0 Å². The average Bonchev–Trinajstić information content (AvgIpc) is 2.98. The third-order valence-corrected chi connectivity index (χ3v) is 4.36. The van der Waals surface area contributed by atoms with E-state index in [9.17, 15) is 4.79 Å². The number of amides is 1. The Balaban J connectivity index is 1.78. The molecule has 1 fully saturated rings. The highest BCUT2D eigenvalue weighted by molar-refractivity contribution is 5.92. The first kappa shape index (κ1) is 15.6. The van der Waals surface area contributed by atoms with Crippen LogP contribution in [0.1, 0.15) is 48.3 Å². The zero-order valence-electron chi connectivity index (χ0n) is 13.7. The lowest BCUT2D eigenvalue weighted by Gasteiger charge is -2.22. The molecule has 1 aromatic carbocycles. The van der Waals surface area contributed by atoms with Gasteiger partial charge in [-0.15, -0.1) is 0 Å². The van der Waals surface area contributed by atoms with E-state index in [1.165, 1.54) is 19.3 Å². The molecule has 0 unspecified atom stereocenters. The summed E-state index contributed by atoms with van der Waals surface area (Å²) < 4.78 is 7.03. The van der Waals surface area contributed by atoms with Crippen LogP contribution in [0.5, 0.6) is 5.75 Å². The van der Waals surface area contributed by atoms with Gasteiger partial charge in [-0.3, -0.25) is 4.79 Å². The molecular weight excluding hydrogens is 290 g/mol. The monoisotopic (exact) mass is 313 g/mol. The predicted octanol–water partition coefficient (Wildman–Crippen LogP) is 3.25. The number of rotatable bonds is 4. The summed E-state index contributed by atoms with van der Waals surface area (Å²) >= 11 is 0. The normalized spacial score (nSPS) is 15.4. The molecule has 0 bridgehead atoms. The van der Waals surface area contributed by atoms with Crippen molar-refractivity contribution in [2.24, 2.45) is 0 Å². The Morgan fingerprint density at radius 3 is 2.78 bits per heavy atom. The number of aryl methyl sites for hydroxylation is 1. The van der Waals surface area contributed by atoms with Crippen molar-refractivity contribution in [2.45, 2.75) is 45.1 Å². The molecule has 5 heteroatoms. The molecule has 23 heavy (non-hydrogen) atoms. The van der Waals surface area contributed by atoms with E-state index in [1.807, 2.05) is 37.3 Å². The van der Waals surface area contributed by atoms with Gasteiger partial charge < -0.3 is 10.1 Å². The summed E-state index contributed by atoms with van der Waals surface area (Å²) in [5.41, 5.74) is 2.28. The lowest BCUT2D eigenvalue weighted by atomic mass is 9.95. The van der Waals surface area contributed by atoms with Gasteiger partial charge in [0.25, 0.3) is 5.91 Å². The molecule has 1 aromatic heterocycles. The zero-order valence-corrected chi connectivity index (χ0v) is 13.7. The number of hydrogen-bond donors (Lipinski definition) is 1. The maximum Gasteiger partial charge on any atom is 0.272 e. The van der Waals surface area contributed by atoms with Gasteiger partial charge in [0, 0.05) is 17.8 Å². The van der Waals surface area contributed by atoms with Crippen molar-refractivity contribution in [3.63, 3.8) is 0 Å². The lowest BCUT2D eigenvalue weighted by molar-refractivity contribution is 0.0922. The lowest BCUT2D eigenvalue weighted by Crippen LogP contribution is -2.36. The van der Waals surface area contributed by atoms with Crippen LogP contribution >= 0.6 is 0 Å². The molecule has 1 aliphatic carbocycles. The summed E-state index contributed by atoms with van der Waals surface area (Å²) in [6.45, 7) is 1.95. The van der Waals surface area contributed by atoms with E-state index < -0.39 is 0 Å². The number of carbonyl (C=O) groups excluding carboxylic acids is 1. The van der Waals surface area contributed by atoms with E-state index in [0.717, 1.165) is 30.0 Å². The number of carbonyl (C=O) groups is 1. The predicted molar refractivity (Wildman–Crippen MR) is 89.2 cm³/mol. The number of benzene rings is 1. The van der Waals surface area contributed by atoms with Gasteiger partial charge in [0.05, 0.1) is 12.8 Å². The number of ether oxygens (including phenoxy) is 1. The van der Waals surface area contributed by atoms with Crippen LogP contribution in [0.4, 0.5) is 0 Å². The van der Waals surface area contributed by atoms with Gasteiger partial charge >= 0.3 is 0 Å². The van der Waals surface area contributed by atoms with Gasteiger partial charge in [0.1, 0.15) is 5.75 Å². The number of nitrogens with zero attached hydrogens (tertiary/aromatic N) is 2. The molecule has 0 saturated heterocycles. The molecule has 0 spiro atoms. The first-order valence-electron chi connectivity index (χ1n) is 8.19. The van der Waals surface area contributed by atoms with Gasteiger partial charge in [-0.2, -0.15) is 5.10 Å². The average molecular weight is 313 g/mol. The molecule has 0 radical (unpaired) electrons. The first-order chi connectivity index (χ1) is 11.2. The topological polar surface area (TPSA) is 56.2 Å². The van der Waals surface area contributed by atoms with Gasteiger partial charge in [0.15, 0.2) is 5.69 Å². The highest BCUT2D eigenvalue weighted by atomic mass is 16.5.